The molecule has 2 rings (SSSR count). The monoisotopic (exact) mass is 278 g/mol. The molecule has 0 saturated carbocycles. The van der Waals surface area contributed by atoms with Crippen molar-refractivity contribution in [2.24, 2.45) is 0 Å². The molecule has 5 nitrogen and oxygen atoms in total. The van der Waals surface area contributed by atoms with Gasteiger partial charge in [-0.25, -0.2) is 0 Å². The highest BCUT2D eigenvalue weighted by molar-refractivity contribution is 6.20. The molecule has 1 N–H and O–H groups in total. The number of nitrogens with zero attached hydrogens (tertiary/aromatic N) is 1. The standard InChI is InChI=1S/C14H18N2O3.CH4/c1-2-3-8-15-9-10-19-16-13(17)11-6-4-5-7-12(11)14(16)18;/h4-7,15H,2-3,8-10H2,1H3;1H4. The van der Waals surface area contributed by atoms with E-state index in [2.05, 4.69) is 12.2 Å². The Bertz CT molecular complexity index is 439. The number of hydroxylamine groups is 2. The molecule has 0 bridgehead atoms. The molecule has 2 amide bonds. The van der Waals surface area contributed by atoms with Gasteiger partial charge < -0.3 is 5.32 Å². The van der Waals surface area contributed by atoms with E-state index in [-0.39, 0.29) is 19.2 Å². The third kappa shape index (κ3) is 3.43. The number of hydrogen-bond acceptors (Lipinski definition) is 4. The zero-order valence-electron chi connectivity index (χ0n) is 11.0. The minimum Gasteiger partial charge on any atom is -0.314 e. The topological polar surface area (TPSA) is 58.6 Å². The van der Waals surface area contributed by atoms with Crippen molar-refractivity contribution in [1.29, 1.82) is 0 Å². The maximum atomic E-state index is 11.9. The van der Waals surface area contributed by atoms with E-state index >= 15 is 0 Å². The quantitative estimate of drug-likeness (QED) is 0.614. The first-order valence-electron chi connectivity index (χ1n) is 6.57. The van der Waals surface area contributed by atoms with Crippen molar-refractivity contribution in [3.05, 3.63) is 35.4 Å². The Morgan fingerprint density at radius 1 is 1.10 bits per heavy atom. The lowest BCUT2D eigenvalue weighted by Gasteiger charge is -2.13. The fraction of sp³-hybridized carbons (Fsp3) is 0.467. The maximum Gasteiger partial charge on any atom is 0.285 e. The maximum absolute atomic E-state index is 11.9. The molecule has 5 heteroatoms. The molecule has 0 unspecified atom stereocenters. The van der Waals surface area contributed by atoms with Crippen LogP contribution in [-0.4, -0.2) is 36.6 Å². The van der Waals surface area contributed by atoms with E-state index in [1.807, 2.05) is 0 Å². The Morgan fingerprint density at radius 2 is 1.70 bits per heavy atom. The Balaban J connectivity index is 0.00000200. The van der Waals surface area contributed by atoms with Crippen LogP contribution < -0.4 is 5.32 Å². The third-order valence-corrected chi connectivity index (χ3v) is 2.96. The molecule has 0 radical (unpaired) electrons. The van der Waals surface area contributed by atoms with E-state index in [0.717, 1.165) is 24.4 Å². The molecule has 0 spiro atoms. The van der Waals surface area contributed by atoms with Crippen LogP contribution in [0.3, 0.4) is 0 Å². The van der Waals surface area contributed by atoms with Crippen molar-refractivity contribution in [2.45, 2.75) is 27.2 Å². The number of imide groups is 1. The molecule has 1 aromatic rings. The number of hydrogen-bond donors (Lipinski definition) is 1. The van der Waals surface area contributed by atoms with E-state index in [4.69, 9.17) is 4.84 Å². The molecule has 1 aliphatic heterocycles. The zero-order valence-corrected chi connectivity index (χ0v) is 11.0. The number of benzene rings is 1. The molecule has 0 aliphatic carbocycles. The first-order chi connectivity index (χ1) is 9.25. The highest BCUT2D eigenvalue weighted by Crippen LogP contribution is 2.22. The minimum absolute atomic E-state index is 0. The van der Waals surface area contributed by atoms with Crippen LogP contribution in [0.25, 0.3) is 0 Å². The first kappa shape index (κ1) is 16.3. The van der Waals surface area contributed by atoms with Crippen LogP contribution in [-0.2, 0) is 4.84 Å². The number of rotatable bonds is 7. The van der Waals surface area contributed by atoms with Gasteiger partial charge in [-0.15, -0.1) is 5.06 Å². The minimum atomic E-state index is -0.380. The van der Waals surface area contributed by atoms with E-state index < -0.39 is 0 Å². The average Bonchev–Trinajstić information content (AvgIpc) is 2.68. The lowest BCUT2D eigenvalue weighted by molar-refractivity contribution is -0.0896. The van der Waals surface area contributed by atoms with Crippen LogP contribution in [0.1, 0.15) is 47.9 Å². The summed E-state index contributed by atoms with van der Waals surface area (Å²) in [6.07, 6.45) is 2.24. The van der Waals surface area contributed by atoms with Gasteiger partial charge in [0.25, 0.3) is 11.8 Å². The summed E-state index contributed by atoms with van der Waals surface area (Å²) in [6.45, 7) is 3.96. The van der Waals surface area contributed by atoms with Gasteiger partial charge in [0.15, 0.2) is 0 Å². The summed E-state index contributed by atoms with van der Waals surface area (Å²) in [5.41, 5.74) is 0.817. The summed E-state index contributed by atoms with van der Waals surface area (Å²) in [6, 6.07) is 6.75. The van der Waals surface area contributed by atoms with E-state index in [1.165, 1.54) is 0 Å². The van der Waals surface area contributed by atoms with Gasteiger partial charge >= 0.3 is 0 Å². The van der Waals surface area contributed by atoms with Crippen molar-refractivity contribution >= 4 is 11.8 Å². The van der Waals surface area contributed by atoms with Crippen LogP contribution in [0.5, 0.6) is 0 Å². The fourth-order valence-electron chi connectivity index (χ4n) is 1.92. The van der Waals surface area contributed by atoms with Crippen LogP contribution in [0.2, 0.25) is 0 Å². The summed E-state index contributed by atoms with van der Waals surface area (Å²) in [5, 5.41) is 4.04. The van der Waals surface area contributed by atoms with Crippen molar-refractivity contribution in [1.82, 2.24) is 10.4 Å². The van der Waals surface area contributed by atoms with Gasteiger partial charge in [0.2, 0.25) is 0 Å². The molecule has 110 valence electrons. The Labute approximate surface area is 119 Å². The van der Waals surface area contributed by atoms with E-state index in [0.29, 0.717) is 24.3 Å². The Hall–Kier alpha value is -1.72. The molecule has 0 fully saturated rings. The van der Waals surface area contributed by atoms with Gasteiger partial charge in [0.05, 0.1) is 17.7 Å². The number of carbonyl (C=O) groups is 2. The van der Waals surface area contributed by atoms with Gasteiger partial charge in [0.1, 0.15) is 0 Å². The van der Waals surface area contributed by atoms with Gasteiger partial charge in [0, 0.05) is 6.54 Å². The van der Waals surface area contributed by atoms with Gasteiger partial charge in [-0.3, -0.25) is 14.4 Å². The highest BCUT2D eigenvalue weighted by Gasteiger charge is 2.36. The summed E-state index contributed by atoms with van der Waals surface area (Å²) in [5.74, 6) is -0.761. The summed E-state index contributed by atoms with van der Waals surface area (Å²) < 4.78 is 0. The van der Waals surface area contributed by atoms with Crippen molar-refractivity contribution in [2.75, 3.05) is 19.7 Å². The van der Waals surface area contributed by atoms with Crippen molar-refractivity contribution in [3.63, 3.8) is 0 Å². The second kappa shape index (κ2) is 7.77. The average molecular weight is 278 g/mol. The first-order valence-corrected chi connectivity index (χ1v) is 6.57. The predicted molar refractivity (Wildman–Crippen MR) is 77.4 cm³/mol. The molecular weight excluding hydrogens is 256 g/mol. The second-order valence-corrected chi connectivity index (χ2v) is 4.39. The number of carbonyl (C=O) groups excluding carboxylic acids is 2. The smallest absolute Gasteiger partial charge is 0.285 e. The zero-order chi connectivity index (χ0) is 13.7. The molecule has 1 aromatic carbocycles. The number of nitrogens with one attached hydrogen (secondary N) is 1. The molecule has 1 heterocycles. The van der Waals surface area contributed by atoms with Gasteiger partial charge in [-0.2, -0.15) is 0 Å². The Morgan fingerprint density at radius 3 is 2.25 bits per heavy atom. The Kier molecular flexibility index (Phi) is 6.35. The van der Waals surface area contributed by atoms with Gasteiger partial charge in [-0.1, -0.05) is 32.9 Å². The van der Waals surface area contributed by atoms with E-state index in [1.54, 1.807) is 24.3 Å². The highest BCUT2D eigenvalue weighted by atomic mass is 16.7. The lowest BCUT2D eigenvalue weighted by Crippen LogP contribution is -2.33. The van der Waals surface area contributed by atoms with Crippen LogP contribution in [0.15, 0.2) is 24.3 Å². The van der Waals surface area contributed by atoms with Crippen molar-refractivity contribution in [3.8, 4) is 0 Å². The summed E-state index contributed by atoms with van der Waals surface area (Å²) in [7, 11) is 0. The SMILES string of the molecule is C.CCCCNCCON1C(=O)c2ccccc2C1=O. The van der Waals surface area contributed by atoms with Crippen LogP contribution in [0.4, 0.5) is 0 Å². The normalized spacial score (nSPS) is 13.3. The molecular formula is C15H22N2O3. The van der Waals surface area contributed by atoms with Crippen LogP contribution in [0, 0.1) is 0 Å². The molecule has 20 heavy (non-hydrogen) atoms. The molecule has 0 saturated heterocycles. The predicted octanol–water partition coefficient (Wildman–Crippen LogP) is 2.24. The second-order valence-electron chi connectivity index (χ2n) is 4.39. The fourth-order valence-corrected chi connectivity index (χ4v) is 1.92. The number of fused-ring (bicyclic) bond motifs is 1. The third-order valence-electron chi connectivity index (χ3n) is 2.96. The molecule has 0 atom stereocenters. The largest absolute Gasteiger partial charge is 0.314 e. The number of amides is 2. The summed E-state index contributed by atoms with van der Waals surface area (Å²) in [4.78, 5) is 29.1. The van der Waals surface area contributed by atoms with E-state index in [9.17, 15) is 9.59 Å². The molecule has 0 aromatic heterocycles. The molecule has 1 aliphatic rings. The van der Waals surface area contributed by atoms with Crippen molar-refractivity contribution < 1.29 is 14.4 Å². The lowest BCUT2D eigenvalue weighted by atomic mass is 10.1. The number of unbranched alkanes of at least 4 members (excludes halogenated alkanes) is 1. The summed E-state index contributed by atoms with van der Waals surface area (Å²) >= 11 is 0. The van der Waals surface area contributed by atoms with Gasteiger partial charge in [-0.05, 0) is 25.1 Å². The van der Waals surface area contributed by atoms with Crippen LogP contribution >= 0.6 is 0 Å².